The predicted molar refractivity (Wildman–Crippen MR) is 116 cm³/mol. The fraction of sp³-hybridized carbons (Fsp3) is 0.500. The van der Waals surface area contributed by atoms with Gasteiger partial charge in [0.05, 0.1) is 12.7 Å². The van der Waals surface area contributed by atoms with Gasteiger partial charge in [0.25, 0.3) is 0 Å². The molecule has 7 heteroatoms. The van der Waals surface area contributed by atoms with Crippen molar-refractivity contribution in [3.05, 3.63) is 41.4 Å². The fourth-order valence-electron chi connectivity index (χ4n) is 3.23. The molecule has 0 aliphatic heterocycles. The second-order valence-electron chi connectivity index (χ2n) is 8.72. The zero-order chi connectivity index (χ0) is 21.9. The van der Waals surface area contributed by atoms with Crippen molar-refractivity contribution in [3.63, 3.8) is 0 Å². The largest absolute Gasteiger partial charge is 0.350 e. The van der Waals surface area contributed by atoms with Crippen LogP contribution in [0.2, 0.25) is 0 Å². The van der Waals surface area contributed by atoms with Crippen molar-refractivity contribution in [1.29, 1.82) is 0 Å². The van der Waals surface area contributed by atoms with Crippen LogP contribution in [0.3, 0.4) is 0 Å². The van der Waals surface area contributed by atoms with Crippen molar-refractivity contribution in [1.82, 2.24) is 24.6 Å². The first kappa shape index (κ1) is 22.5. The molecule has 1 N–H and O–H groups in total. The predicted octanol–water partition coefficient (Wildman–Crippen LogP) is 3.26. The van der Waals surface area contributed by atoms with Gasteiger partial charge >= 0.3 is 0 Å². The first-order chi connectivity index (χ1) is 13.4. The molecule has 0 saturated heterocycles. The van der Waals surface area contributed by atoms with E-state index in [1.54, 1.807) is 19.3 Å². The maximum atomic E-state index is 12.4. The van der Waals surface area contributed by atoms with Crippen molar-refractivity contribution in [2.45, 2.75) is 60.0 Å². The number of likely N-dealkylation sites (N-methyl/N-ethyl adjacent to an activating group) is 1. The maximum absolute atomic E-state index is 12.4. The van der Waals surface area contributed by atoms with Crippen LogP contribution in [-0.2, 0) is 9.59 Å². The minimum absolute atomic E-state index is 0.0209. The molecule has 2 heterocycles. The molecule has 158 valence electrons. The molecule has 2 rings (SSSR count). The lowest BCUT2D eigenvalue weighted by Crippen LogP contribution is -2.46. The molecular weight excluding hydrogens is 366 g/mol. The first-order valence-corrected chi connectivity index (χ1v) is 9.87. The Bertz CT molecular complexity index is 912. The minimum Gasteiger partial charge on any atom is -0.350 e. The Kier molecular flexibility index (Phi) is 6.72. The lowest BCUT2D eigenvalue weighted by atomic mass is 10.1. The normalized spacial score (nSPS) is 12.0. The van der Waals surface area contributed by atoms with Gasteiger partial charge in [-0.2, -0.15) is 5.10 Å². The highest BCUT2D eigenvalue weighted by Crippen LogP contribution is 2.23. The average Bonchev–Trinajstić information content (AvgIpc) is 3.15. The molecule has 0 aromatic carbocycles. The number of carbonyl (C=O) groups excluding carboxylic acids is 2. The van der Waals surface area contributed by atoms with Crippen LogP contribution in [0.4, 0.5) is 0 Å². The van der Waals surface area contributed by atoms with Crippen LogP contribution < -0.4 is 5.32 Å². The Labute approximate surface area is 173 Å². The lowest BCUT2D eigenvalue weighted by molar-refractivity contribution is -0.131. The Morgan fingerprint density at radius 1 is 1.28 bits per heavy atom. The number of amides is 2. The summed E-state index contributed by atoms with van der Waals surface area (Å²) in [5.74, 6) is 0.602. The van der Waals surface area contributed by atoms with Crippen LogP contribution in [0.15, 0.2) is 24.4 Å². The minimum atomic E-state index is -0.323. The van der Waals surface area contributed by atoms with Gasteiger partial charge in [0.1, 0.15) is 5.82 Å². The third-order valence-electron chi connectivity index (χ3n) is 4.51. The third kappa shape index (κ3) is 5.59. The van der Waals surface area contributed by atoms with Gasteiger partial charge in [0.2, 0.25) is 11.8 Å². The molecule has 0 unspecified atom stereocenters. The summed E-state index contributed by atoms with van der Waals surface area (Å²) in [5, 5.41) is 7.27. The molecule has 0 atom stereocenters. The van der Waals surface area contributed by atoms with E-state index in [9.17, 15) is 9.59 Å². The van der Waals surface area contributed by atoms with E-state index in [4.69, 9.17) is 0 Å². The number of aromatic nitrogens is 3. The van der Waals surface area contributed by atoms with Crippen LogP contribution in [0, 0.1) is 13.8 Å². The third-order valence-corrected chi connectivity index (χ3v) is 4.51. The standard InChI is InChI=1S/C22H33N5O2/c1-15(2)27-20(11-12-23-27)26-16(3)13-18(17(26)4)9-10-21(29)25(8)14-19(28)24-22(5,6)7/h9-13,15H,14H2,1-8H3,(H,24,28). The van der Waals surface area contributed by atoms with Crippen molar-refractivity contribution in [2.24, 2.45) is 0 Å². The van der Waals surface area contributed by atoms with E-state index in [0.29, 0.717) is 0 Å². The van der Waals surface area contributed by atoms with Gasteiger partial charge in [-0.1, -0.05) is 0 Å². The molecular formula is C22H33N5O2. The molecule has 2 aromatic rings. The summed E-state index contributed by atoms with van der Waals surface area (Å²) in [7, 11) is 1.62. The summed E-state index contributed by atoms with van der Waals surface area (Å²) in [4.78, 5) is 25.9. The molecule has 0 fully saturated rings. The smallest absolute Gasteiger partial charge is 0.246 e. The first-order valence-electron chi connectivity index (χ1n) is 9.87. The van der Waals surface area contributed by atoms with Crippen LogP contribution >= 0.6 is 0 Å². The van der Waals surface area contributed by atoms with Gasteiger partial charge in [0.15, 0.2) is 0 Å². The summed E-state index contributed by atoms with van der Waals surface area (Å²) in [5.41, 5.74) is 2.73. The van der Waals surface area contributed by atoms with E-state index in [1.165, 1.54) is 11.0 Å². The molecule has 2 amide bonds. The molecule has 0 radical (unpaired) electrons. The van der Waals surface area contributed by atoms with E-state index in [0.717, 1.165) is 22.8 Å². The van der Waals surface area contributed by atoms with Crippen LogP contribution in [0.5, 0.6) is 0 Å². The average molecular weight is 400 g/mol. The Hall–Kier alpha value is -2.83. The molecule has 0 aliphatic rings. The number of nitrogens with zero attached hydrogens (tertiary/aromatic N) is 4. The van der Waals surface area contributed by atoms with E-state index in [-0.39, 0.29) is 29.9 Å². The number of hydrogen-bond donors (Lipinski definition) is 1. The Morgan fingerprint density at radius 3 is 2.52 bits per heavy atom. The van der Waals surface area contributed by atoms with E-state index >= 15 is 0 Å². The van der Waals surface area contributed by atoms with Crippen molar-refractivity contribution < 1.29 is 9.59 Å². The highest BCUT2D eigenvalue weighted by atomic mass is 16.2. The molecule has 0 aliphatic carbocycles. The van der Waals surface area contributed by atoms with E-state index in [2.05, 4.69) is 28.8 Å². The number of nitrogens with one attached hydrogen (secondary N) is 1. The quantitative estimate of drug-likeness (QED) is 0.758. The molecule has 0 spiro atoms. The second-order valence-corrected chi connectivity index (χ2v) is 8.72. The highest BCUT2D eigenvalue weighted by Gasteiger charge is 2.17. The molecule has 0 saturated carbocycles. The van der Waals surface area contributed by atoms with Crippen molar-refractivity contribution in [3.8, 4) is 5.82 Å². The number of carbonyl (C=O) groups is 2. The number of hydrogen-bond acceptors (Lipinski definition) is 3. The van der Waals surface area contributed by atoms with Gasteiger partial charge < -0.3 is 14.8 Å². The number of rotatable bonds is 6. The van der Waals surface area contributed by atoms with Crippen molar-refractivity contribution in [2.75, 3.05) is 13.6 Å². The zero-order valence-electron chi connectivity index (χ0n) is 18.8. The summed E-state index contributed by atoms with van der Waals surface area (Å²) < 4.78 is 4.11. The van der Waals surface area contributed by atoms with E-state index in [1.807, 2.05) is 51.4 Å². The summed E-state index contributed by atoms with van der Waals surface area (Å²) >= 11 is 0. The molecule has 0 bridgehead atoms. The Balaban J connectivity index is 2.16. The summed E-state index contributed by atoms with van der Waals surface area (Å²) in [6, 6.07) is 4.28. The molecule has 7 nitrogen and oxygen atoms in total. The van der Waals surface area contributed by atoms with Gasteiger partial charge in [-0.25, -0.2) is 4.68 Å². The monoisotopic (exact) mass is 399 g/mol. The van der Waals surface area contributed by atoms with Gasteiger partial charge in [-0.3, -0.25) is 9.59 Å². The van der Waals surface area contributed by atoms with Gasteiger partial charge in [0, 0.05) is 42.2 Å². The number of aryl methyl sites for hydroxylation is 1. The molecule has 2 aromatic heterocycles. The lowest BCUT2D eigenvalue weighted by Gasteiger charge is -2.22. The SMILES string of the molecule is Cc1cc(C=CC(=O)N(C)CC(=O)NC(C)(C)C)c(C)n1-c1ccnn1C(C)C. The van der Waals surface area contributed by atoms with Gasteiger partial charge in [-0.15, -0.1) is 0 Å². The van der Waals surface area contributed by atoms with Crippen LogP contribution in [0.25, 0.3) is 11.9 Å². The van der Waals surface area contributed by atoms with Crippen LogP contribution in [0.1, 0.15) is 57.6 Å². The topological polar surface area (TPSA) is 72.2 Å². The second kappa shape index (κ2) is 8.68. The summed E-state index contributed by atoms with van der Waals surface area (Å²) in [6.07, 6.45) is 5.11. The van der Waals surface area contributed by atoms with Gasteiger partial charge in [-0.05, 0) is 66.2 Å². The van der Waals surface area contributed by atoms with Crippen LogP contribution in [-0.4, -0.2) is 50.2 Å². The van der Waals surface area contributed by atoms with E-state index < -0.39 is 0 Å². The summed E-state index contributed by atoms with van der Waals surface area (Å²) in [6.45, 7) is 14.0. The highest BCUT2D eigenvalue weighted by molar-refractivity contribution is 5.94. The fourth-order valence-corrected chi connectivity index (χ4v) is 3.23. The Morgan fingerprint density at radius 2 is 1.93 bits per heavy atom. The molecule has 29 heavy (non-hydrogen) atoms. The zero-order valence-corrected chi connectivity index (χ0v) is 18.8. The van der Waals surface area contributed by atoms with Crippen molar-refractivity contribution >= 4 is 17.9 Å². The maximum Gasteiger partial charge on any atom is 0.246 e.